The number of carbonyl (C=O) groups is 1. The molecule has 3 N–H and O–H groups in total. The lowest BCUT2D eigenvalue weighted by Gasteiger charge is -2.10. The van der Waals surface area contributed by atoms with E-state index in [-0.39, 0.29) is 17.3 Å². The number of H-pyrrole nitrogens is 2. The van der Waals surface area contributed by atoms with Gasteiger partial charge in [-0.05, 0) is 53.2 Å². The van der Waals surface area contributed by atoms with Gasteiger partial charge in [-0.15, -0.1) is 5.10 Å². The molecule has 0 fully saturated rings. The second kappa shape index (κ2) is 7.80. The minimum atomic E-state index is -0.294. The molecule has 0 aliphatic carbocycles. The molecule has 0 unspecified atom stereocenters. The van der Waals surface area contributed by atoms with Crippen molar-refractivity contribution in [2.24, 2.45) is 0 Å². The average Bonchev–Trinajstić information content (AvgIpc) is 3.31. The summed E-state index contributed by atoms with van der Waals surface area (Å²) in [5, 5.41) is 15.0. The number of carbonyl (C=O) groups excluding carboxylic acids is 1. The van der Waals surface area contributed by atoms with E-state index in [0.29, 0.717) is 33.3 Å². The molecule has 29 heavy (non-hydrogen) atoms. The molecule has 0 atom stereocenters. The van der Waals surface area contributed by atoms with Crippen LogP contribution in [0, 0.1) is 6.92 Å². The van der Waals surface area contributed by atoms with Crippen LogP contribution in [-0.2, 0) is 4.79 Å². The number of imidazole rings is 1. The molecule has 0 bridgehead atoms. The van der Waals surface area contributed by atoms with Crippen LogP contribution in [-0.4, -0.2) is 48.9 Å². The highest BCUT2D eigenvalue weighted by Gasteiger charge is 2.15. The van der Waals surface area contributed by atoms with Crippen LogP contribution >= 0.6 is 11.8 Å². The molecule has 0 aliphatic heterocycles. The molecule has 2 heterocycles. The number of hydrogen-bond acceptors (Lipinski definition) is 7. The summed E-state index contributed by atoms with van der Waals surface area (Å²) in [6, 6.07) is 10.8. The van der Waals surface area contributed by atoms with E-state index in [1.807, 2.05) is 25.1 Å². The Morgan fingerprint density at radius 1 is 1.21 bits per heavy atom. The predicted molar refractivity (Wildman–Crippen MR) is 109 cm³/mol. The summed E-state index contributed by atoms with van der Waals surface area (Å²) in [6.45, 7) is 1.96. The maximum Gasteiger partial charge on any atom is 0.323 e. The van der Waals surface area contributed by atoms with Crippen LogP contribution in [0.2, 0.25) is 0 Å². The number of aromatic amines is 2. The number of aryl methyl sites for hydroxylation is 1. The lowest BCUT2D eigenvalue weighted by atomic mass is 10.2. The summed E-state index contributed by atoms with van der Waals surface area (Å²) < 4.78 is 6.93. The number of hydrogen-bond donors (Lipinski definition) is 3. The van der Waals surface area contributed by atoms with Crippen LogP contribution in [0.25, 0.3) is 16.7 Å². The van der Waals surface area contributed by atoms with Crippen LogP contribution in [0.15, 0.2) is 46.3 Å². The number of ether oxygens (including phenoxy) is 1. The van der Waals surface area contributed by atoms with E-state index in [4.69, 9.17) is 4.74 Å². The molecule has 0 radical (unpaired) electrons. The standard InChI is InChI=1S/C18H17N7O3S/c1-10-3-6-15(28-2)14(7-10)25-18(22-23-24-25)29-9-16(26)19-11-4-5-12-13(8-11)21-17(27)20-12/h3-8H,9H2,1-2H3,(H,19,26)(H2,20,21,27). The summed E-state index contributed by atoms with van der Waals surface area (Å²) in [5.74, 6) is 0.511. The minimum Gasteiger partial charge on any atom is -0.494 e. The Balaban J connectivity index is 1.47. The molecule has 1 amide bonds. The fourth-order valence-electron chi connectivity index (χ4n) is 2.82. The lowest BCUT2D eigenvalue weighted by Crippen LogP contribution is -2.14. The van der Waals surface area contributed by atoms with Crippen LogP contribution < -0.4 is 15.7 Å². The van der Waals surface area contributed by atoms with E-state index < -0.39 is 0 Å². The molecule has 2 aromatic heterocycles. The Bertz CT molecular complexity index is 1240. The summed E-state index contributed by atoms with van der Waals surface area (Å²) in [7, 11) is 1.58. The van der Waals surface area contributed by atoms with Gasteiger partial charge in [0.1, 0.15) is 11.4 Å². The summed E-state index contributed by atoms with van der Waals surface area (Å²) >= 11 is 1.20. The normalized spacial score (nSPS) is 11.0. The van der Waals surface area contributed by atoms with Crippen molar-refractivity contribution in [3.05, 3.63) is 52.4 Å². The second-order valence-corrected chi connectivity index (χ2v) is 7.17. The number of benzene rings is 2. The Morgan fingerprint density at radius 3 is 2.86 bits per heavy atom. The molecule has 0 spiro atoms. The van der Waals surface area contributed by atoms with Crippen LogP contribution in [0.4, 0.5) is 5.69 Å². The van der Waals surface area contributed by atoms with Crippen LogP contribution in [0.5, 0.6) is 5.75 Å². The Morgan fingerprint density at radius 2 is 2.03 bits per heavy atom. The van der Waals surface area contributed by atoms with E-state index in [0.717, 1.165) is 5.56 Å². The van der Waals surface area contributed by atoms with Crippen molar-refractivity contribution in [1.82, 2.24) is 30.2 Å². The molecule has 0 aliphatic rings. The van der Waals surface area contributed by atoms with Crippen molar-refractivity contribution >= 4 is 34.4 Å². The molecular weight excluding hydrogens is 394 g/mol. The minimum absolute atomic E-state index is 0.107. The van der Waals surface area contributed by atoms with Gasteiger partial charge in [-0.3, -0.25) is 4.79 Å². The van der Waals surface area contributed by atoms with Gasteiger partial charge in [-0.2, -0.15) is 4.68 Å². The monoisotopic (exact) mass is 411 g/mol. The van der Waals surface area contributed by atoms with E-state index in [9.17, 15) is 9.59 Å². The van der Waals surface area contributed by atoms with Gasteiger partial charge in [0.2, 0.25) is 11.1 Å². The molecular formula is C18H17N7O3S. The number of aromatic nitrogens is 6. The number of fused-ring (bicyclic) bond motifs is 1. The van der Waals surface area contributed by atoms with Gasteiger partial charge in [0, 0.05) is 5.69 Å². The zero-order chi connectivity index (χ0) is 20.4. The van der Waals surface area contributed by atoms with Crippen LogP contribution in [0.1, 0.15) is 5.56 Å². The lowest BCUT2D eigenvalue weighted by molar-refractivity contribution is -0.113. The highest BCUT2D eigenvalue weighted by Crippen LogP contribution is 2.27. The van der Waals surface area contributed by atoms with Gasteiger partial charge in [-0.25, -0.2) is 4.79 Å². The zero-order valence-electron chi connectivity index (χ0n) is 15.6. The zero-order valence-corrected chi connectivity index (χ0v) is 16.4. The van der Waals surface area contributed by atoms with Gasteiger partial charge in [0.15, 0.2) is 0 Å². The first-order chi connectivity index (χ1) is 14.0. The van der Waals surface area contributed by atoms with Gasteiger partial charge in [-0.1, -0.05) is 17.8 Å². The summed E-state index contributed by atoms with van der Waals surface area (Å²) in [6.07, 6.45) is 0. The molecule has 11 heteroatoms. The molecule has 0 saturated carbocycles. The summed E-state index contributed by atoms with van der Waals surface area (Å²) in [5.41, 5.74) is 3.31. The van der Waals surface area contributed by atoms with E-state index >= 15 is 0 Å². The number of nitrogens with one attached hydrogen (secondary N) is 3. The fraction of sp³-hybridized carbons (Fsp3) is 0.167. The number of nitrogens with zero attached hydrogens (tertiary/aromatic N) is 4. The fourth-order valence-corrected chi connectivity index (χ4v) is 3.51. The molecule has 2 aromatic carbocycles. The highest BCUT2D eigenvalue weighted by atomic mass is 32.2. The third kappa shape index (κ3) is 3.99. The van der Waals surface area contributed by atoms with E-state index in [1.54, 1.807) is 30.0 Å². The first kappa shape index (κ1) is 18.7. The quantitative estimate of drug-likeness (QED) is 0.413. The third-order valence-electron chi connectivity index (χ3n) is 4.14. The molecule has 4 aromatic rings. The Labute approximate surface area is 168 Å². The maximum atomic E-state index is 12.4. The van der Waals surface area contributed by atoms with Crippen molar-refractivity contribution in [3.63, 3.8) is 0 Å². The molecule has 4 rings (SSSR count). The smallest absolute Gasteiger partial charge is 0.323 e. The van der Waals surface area contributed by atoms with Gasteiger partial charge >= 0.3 is 5.69 Å². The number of anilines is 1. The van der Waals surface area contributed by atoms with Crippen molar-refractivity contribution in [3.8, 4) is 11.4 Å². The number of methoxy groups -OCH3 is 1. The number of thioether (sulfide) groups is 1. The predicted octanol–water partition coefficient (Wildman–Crippen LogP) is 1.88. The van der Waals surface area contributed by atoms with Crippen molar-refractivity contribution < 1.29 is 9.53 Å². The summed E-state index contributed by atoms with van der Waals surface area (Å²) in [4.78, 5) is 29.0. The number of amides is 1. The Kier molecular flexibility index (Phi) is 5.04. The highest BCUT2D eigenvalue weighted by molar-refractivity contribution is 7.99. The largest absolute Gasteiger partial charge is 0.494 e. The number of rotatable bonds is 6. The van der Waals surface area contributed by atoms with E-state index in [2.05, 4.69) is 30.8 Å². The first-order valence-electron chi connectivity index (χ1n) is 8.61. The third-order valence-corrected chi connectivity index (χ3v) is 5.05. The van der Waals surface area contributed by atoms with Gasteiger partial charge in [0.25, 0.3) is 0 Å². The average molecular weight is 411 g/mol. The molecule has 10 nitrogen and oxygen atoms in total. The van der Waals surface area contributed by atoms with Crippen molar-refractivity contribution in [2.75, 3.05) is 18.2 Å². The number of tetrazole rings is 1. The van der Waals surface area contributed by atoms with Gasteiger partial charge in [0.05, 0.1) is 23.9 Å². The second-order valence-electron chi connectivity index (χ2n) is 6.22. The van der Waals surface area contributed by atoms with E-state index in [1.165, 1.54) is 11.8 Å². The topological polar surface area (TPSA) is 131 Å². The van der Waals surface area contributed by atoms with Crippen molar-refractivity contribution in [1.29, 1.82) is 0 Å². The first-order valence-corrected chi connectivity index (χ1v) is 9.60. The van der Waals surface area contributed by atoms with Crippen LogP contribution in [0.3, 0.4) is 0 Å². The Hall–Kier alpha value is -3.60. The molecule has 148 valence electrons. The maximum absolute atomic E-state index is 12.4. The van der Waals surface area contributed by atoms with Crippen molar-refractivity contribution in [2.45, 2.75) is 12.1 Å². The molecule has 0 saturated heterocycles. The SMILES string of the molecule is COc1ccc(C)cc1-n1nnnc1SCC(=O)Nc1ccc2[nH]c(=O)[nH]c2c1. The van der Waals surface area contributed by atoms with Gasteiger partial charge < -0.3 is 20.0 Å².